The minimum Gasteiger partial charge on any atom is -0.497 e. The number of nitrogens with one attached hydrogen (secondary N) is 2. The van der Waals surface area contributed by atoms with Crippen molar-refractivity contribution in [2.24, 2.45) is 0 Å². The second-order valence-corrected chi connectivity index (χ2v) is 4.62. The molecule has 0 amide bonds. The van der Waals surface area contributed by atoms with Crippen molar-refractivity contribution in [3.63, 3.8) is 0 Å². The first-order valence-electron chi connectivity index (χ1n) is 6.11. The van der Waals surface area contributed by atoms with Gasteiger partial charge in [0.2, 0.25) is 0 Å². The Balaban J connectivity index is 1.88. The van der Waals surface area contributed by atoms with Gasteiger partial charge in [-0.15, -0.1) is 0 Å². The fourth-order valence-corrected chi connectivity index (χ4v) is 2.51. The molecular weight excluding hydrogens is 216 g/mol. The number of benzene rings is 1. The van der Waals surface area contributed by atoms with Crippen LogP contribution in [0, 0.1) is 0 Å². The molecule has 0 unspecified atom stereocenters. The molecule has 1 fully saturated rings. The molecule has 0 bridgehead atoms. The van der Waals surface area contributed by atoms with Gasteiger partial charge in [-0.2, -0.15) is 0 Å². The van der Waals surface area contributed by atoms with E-state index < -0.39 is 0 Å². The summed E-state index contributed by atoms with van der Waals surface area (Å²) in [6, 6.07) is 4.64. The Kier molecular flexibility index (Phi) is 2.91. The van der Waals surface area contributed by atoms with Gasteiger partial charge in [0.1, 0.15) is 5.75 Å². The number of rotatable bonds is 3. The van der Waals surface area contributed by atoms with Gasteiger partial charge in [0, 0.05) is 31.5 Å². The topological polar surface area (TPSA) is 42.5 Å². The SMILES string of the molecule is COc1cc2c(c(N[C@H]3CCOC3)c1)CNC2. The van der Waals surface area contributed by atoms with Crippen LogP contribution >= 0.6 is 0 Å². The Morgan fingerprint density at radius 3 is 3.12 bits per heavy atom. The summed E-state index contributed by atoms with van der Waals surface area (Å²) in [5.74, 6) is 0.925. The zero-order valence-electron chi connectivity index (χ0n) is 10.1. The third-order valence-electron chi connectivity index (χ3n) is 3.46. The molecule has 2 N–H and O–H groups in total. The molecule has 3 rings (SSSR count). The normalized spacial score (nSPS) is 22.5. The zero-order valence-corrected chi connectivity index (χ0v) is 10.1. The van der Waals surface area contributed by atoms with Gasteiger partial charge in [-0.1, -0.05) is 0 Å². The molecule has 92 valence electrons. The van der Waals surface area contributed by atoms with Gasteiger partial charge in [-0.25, -0.2) is 0 Å². The Morgan fingerprint density at radius 1 is 1.41 bits per heavy atom. The quantitative estimate of drug-likeness (QED) is 0.831. The lowest BCUT2D eigenvalue weighted by Gasteiger charge is -2.16. The van der Waals surface area contributed by atoms with E-state index in [4.69, 9.17) is 9.47 Å². The van der Waals surface area contributed by atoms with Crippen LogP contribution in [0.2, 0.25) is 0 Å². The number of hydrogen-bond donors (Lipinski definition) is 2. The average Bonchev–Trinajstić information content (AvgIpc) is 2.98. The van der Waals surface area contributed by atoms with Gasteiger partial charge in [0.15, 0.2) is 0 Å². The summed E-state index contributed by atoms with van der Waals surface area (Å²) in [4.78, 5) is 0. The van der Waals surface area contributed by atoms with Crippen molar-refractivity contribution in [1.29, 1.82) is 0 Å². The first-order chi connectivity index (χ1) is 8.36. The molecule has 4 nitrogen and oxygen atoms in total. The summed E-state index contributed by atoms with van der Waals surface area (Å²) >= 11 is 0. The molecule has 2 aliphatic heterocycles. The van der Waals surface area contributed by atoms with E-state index in [1.807, 2.05) is 0 Å². The molecule has 1 saturated heterocycles. The van der Waals surface area contributed by atoms with Crippen LogP contribution in [-0.2, 0) is 17.8 Å². The van der Waals surface area contributed by atoms with Crippen molar-refractivity contribution < 1.29 is 9.47 Å². The Labute approximate surface area is 101 Å². The second-order valence-electron chi connectivity index (χ2n) is 4.62. The maximum Gasteiger partial charge on any atom is 0.121 e. The highest BCUT2D eigenvalue weighted by atomic mass is 16.5. The van der Waals surface area contributed by atoms with Gasteiger partial charge < -0.3 is 20.1 Å². The van der Waals surface area contributed by atoms with Crippen LogP contribution in [0.4, 0.5) is 5.69 Å². The van der Waals surface area contributed by atoms with Gasteiger partial charge in [0.05, 0.1) is 19.8 Å². The van der Waals surface area contributed by atoms with E-state index in [0.29, 0.717) is 6.04 Å². The molecule has 2 heterocycles. The van der Waals surface area contributed by atoms with Crippen LogP contribution in [-0.4, -0.2) is 26.4 Å². The Hall–Kier alpha value is -1.26. The predicted octanol–water partition coefficient (Wildman–Crippen LogP) is 1.50. The van der Waals surface area contributed by atoms with Crippen LogP contribution in [0.3, 0.4) is 0 Å². The lowest BCUT2D eigenvalue weighted by atomic mass is 10.1. The summed E-state index contributed by atoms with van der Waals surface area (Å²) in [5, 5.41) is 6.95. The van der Waals surface area contributed by atoms with E-state index in [9.17, 15) is 0 Å². The average molecular weight is 234 g/mol. The summed E-state index contributed by atoms with van der Waals surface area (Å²) < 4.78 is 10.7. The molecular formula is C13H18N2O2. The van der Waals surface area contributed by atoms with Crippen molar-refractivity contribution >= 4 is 5.69 Å². The Morgan fingerprint density at radius 2 is 2.35 bits per heavy atom. The number of ether oxygens (including phenoxy) is 2. The summed E-state index contributed by atoms with van der Waals surface area (Å²) in [6.07, 6.45) is 1.08. The van der Waals surface area contributed by atoms with E-state index in [2.05, 4.69) is 22.8 Å². The van der Waals surface area contributed by atoms with Crippen LogP contribution in [0.25, 0.3) is 0 Å². The molecule has 2 aliphatic rings. The third kappa shape index (κ3) is 2.10. The van der Waals surface area contributed by atoms with Crippen molar-refractivity contribution in [3.05, 3.63) is 23.3 Å². The minimum atomic E-state index is 0.437. The van der Waals surface area contributed by atoms with Crippen LogP contribution in [0.15, 0.2) is 12.1 Å². The van der Waals surface area contributed by atoms with Gasteiger partial charge >= 0.3 is 0 Å². The maximum atomic E-state index is 5.40. The highest BCUT2D eigenvalue weighted by Gasteiger charge is 2.20. The molecule has 17 heavy (non-hydrogen) atoms. The highest BCUT2D eigenvalue weighted by molar-refractivity contribution is 5.60. The number of hydrogen-bond acceptors (Lipinski definition) is 4. The lowest BCUT2D eigenvalue weighted by molar-refractivity contribution is 0.195. The van der Waals surface area contributed by atoms with E-state index in [1.54, 1.807) is 7.11 Å². The van der Waals surface area contributed by atoms with Gasteiger partial charge in [-0.05, 0) is 23.6 Å². The predicted molar refractivity (Wildman–Crippen MR) is 66.4 cm³/mol. The zero-order chi connectivity index (χ0) is 11.7. The first-order valence-corrected chi connectivity index (χ1v) is 6.11. The monoisotopic (exact) mass is 234 g/mol. The number of fused-ring (bicyclic) bond motifs is 1. The molecule has 0 aromatic heterocycles. The van der Waals surface area contributed by atoms with Crippen molar-refractivity contribution in [1.82, 2.24) is 5.32 Å². The van der Waals surface area contributed by atoms with Crippen LogP contribution in [0.1, 0.15) is 17.5 Å². The standard InChI is InChI=1S/C13H18N2O2/c1-16-11-4-9-6-14-7-12(9)13(5-11)15-10-2-3-17-8-10/h4-5,10,14-15H,2-3,6-8H2,1H3/t10-/m0/s1. The van der Waals surface area contributed by atoms with Crippen molar-refractivity contribution in [2.75, 3.05) is 25.6 Å². The van der Waals surface area contributed by atoms with Crippen LogP contribution in [0.5, 0.6) is 5.75 Å². The lowest BCUT2D eigenvalue weighted by Crippen LogP contribution is -2.20. The fraction of sp³-hybridized carbons (Fsp3) is 0.538. The van der Waals surface area contributed by atoms with Gasteiger partial charge in [0.25, 0.3) is 0 Å². The molecule has 1 aromatic rings. The second kappa shape index (κ2) is 4.55. The largest absolute Gasteiger partial charge is 0.497 e. The number of methoxy groups -OCH3 is 1. The summed E-state index contributed by atoms with van der Waals surface area (Å²) in [7, 11) is 1.71. The summed E-state index contributed by atoms with van der Waals surface area (Å²) in [6.45, 7) is 3.54. The van der Waals surface area contributed by atoms with Crippen molar-refractivity contribution in [3.8, 4) is 5.75 Å². The van der Waals surface area contributed by atoms with E-state index >= 15 is 0 Å². The first kappa shape index (κ1) is 10.9. The molecule has 4 heteroatoms. The van der Waals surface area contributed by atoms with E-state index in [0.717, 1.165) is 38.5 Å². The molecule has 0 aliphatic carbocycles. The maximum absolute atomic E-state index is 5.40. The van der Waals surface area contributed by atoms with Gasteiger partial charge in [-0.3, -0.25) is 0 Å². The molecule has 0 radical (unpaired) electrons. The smallest absolute Gasteiger partial charge is 0.121 e. The fourth-order valence-electron chi connectivity index (χ4n) is 2.51. The molecule has 1 aromatic carbocycles. The number of anilines is 1. The minimum absolute atomic E-state index is 0.437. The summed E-state index contributed by atoms with van der Waals surface area (Å²) in [5.41, 5.74) is 3.91. The molecule has 0 spiro atoms. The highest BCUT2D eigenvalue weighted by Crippen LogP contribution is 2.31. The Bertz CT molecular complexity index is 414. The molecule has 1 atom stereocenters. The van der Waals surface area contributed by atoms with E-state index in [1.165, 1.54) is 16.8 Å². The van der Waals surface area contributed by atoms with Crippen LogP contribution < -0.4 is 15.4 Å². The van der Waals surface area contributed by atoms with E-state index in [-0.39, 0.29) is 0 Å². The molecule has 0 saturated carbocycles. The van der Waals surface area contributed by atoms with Crippen molar-refractivity contribution in [2.45, 2.75) is 25.6 Å². The third-order valence-corrected chi connectivity index (χ3v) is 3.46.